The second-order valence-corrected chi connectivity index (χ2v) is 10.0. The van der Waals surface area contributed by atoms with Crippen molar-refractivity contribution in [3.05, 3.63) is 99.8 Å². The van der Waals surface area contributed by atoms with Gasteiger partial charge in [-0.25, -0.2) is 15.1 Å². The van der Waals surface area contributed by atoms with Crippen molar-refractivity contribution in [3.8, 4) is 0 Å². The van der Waals surface area contributed by atoms with Crippen LogP contribution in [0.15, 0.2) is 54.7 Å². The number of pyridine rings is 1. The molecule has 0 bridgehead atoms. The van der Waals surface area contributed by atoms with Crippen LogP contribution in [0, 0.1) is 6.92 Å². The van der Waals surface area contributed by atoms with Crippen molar-refractivity contribution in [1.82, 2.24) is 35.2 Å². The Bertz CT molecular complexity index is 1640. The molecule has 3 heterocycles. The lowest BCUT2D eigenvalue weighted by Gasteiger charge is -2.16. The predicted octanol–water partition coefficient (Wildman–Crippen LogP) is 5.26. The van der Waals surface area contributed by atoms with Gasteiger partial charge in [0.05, 0.1) is 6.54 Å². The summed E-state index contributed by atoms with van der Waals surface area (Å²) in [5.41, 5.74) is 12.0. The maximum absolute atomic E-state index is 5.03. The number of H-pyrrole nitrogens is 1. The summed E-state index contributed by atoms with van der Waals surface area (Å²) >= 11 is 0. The largest absolute Gasteiger partial charge is 0.308 e. The molecule has 1 saturated carbocycles. The summed E-state index contributed by atoms with van der Waals surface area (Å²) in [7, 11) is 0. The van der Waals surface area contributed by atoms with Crippen LogP contribution >= 0.6 is 0 Å². The van der Waals surface area contributed by atoms with E-state index >= 15 is 0 Å². The highest BCUT2D eigenvalue weighted by molar-refractivity contribution is 5.98. The number of nitrogens with zero attached hydrogens (tertiary/aromatic N) is 6. The van der Waals surface area contributed by atoms with Gasteiger partial charge in [0.25, 0.3) is 0 Å². The SMILES string of the molecule is C/C(=C1/c2ccccc2CCc2cc(Cn3c(C4CC4)nc4c(C)ccnc43)ccc21)c1nnn[nH]1. The van der Waals surface area contributed by atoms with E-state index in [0.29, 0.717) is 11.7 Å². The lowest BCUT2D eigenvalue weighted by atomic mass is 9.89. The molecule has 3 aromatic heterocycles. The fourth-order valence-electron chi connectivity index (χ4n) is 5.58. The van der Waals surface area contributed by atoms with Gasteiger partial charge in [0.15, 0.2) is 11.5 Å². The van der Waals surface area contributed by atoms with Crippen molar-refractivity contribution < 1.29 is 0 Å². The Morgan fingerprint density at radius 1 is 1.03 bits per heavy atom. The quantitative estimate of drug-likeness (QED) is 0.385. The number of aryl methyl sites for hydroxylation is 3. The Morgan fingerprint density at radius 3 is 2.69 bits per heavy atom. The smallest absolute Gasteiger partial charge is 0.175 e. The third-order valence-electron chi connectivity index (χ3n) is 7.61. The second kappa shape index (κ2) is 8.22. The van der Waals surface area contributed by atoms with E-state index < -0.39 is 0 Å². The molecule has 0 radical (unpaired) electrons. The molecule has 178 valence electrons. The number of imidazole rings is 1. The van der Waals surface area contributed by atoms with Crippen LogP contribution in [0.1, 0.15) is 70.7 Å². The van der Waals surface area contributed by atoms with Crippen molar-refractivity contribution in [3.63, 3.8) is 0 Å². The van der Waals surface area contributed by atoms with E-state index in [9.17, 15) is 0 Å². The highest BCUT2D eigenvalue weighted by atomic mass is 15.5. The second-order valence-electron chi connectivity index (χ2n) is 10.0. The highest BCUT2D eigenvalue weighted by Gasteiger charge is 2.30. The summed E-state index contributed by atoms with van der Waals surface area (Å²) in [5, 5.41) is 14.8. The molecule has 7 heteroatoms. The average molecular weight is 474 g/mol. The first kappa shape index (κ1) is 21.2. The van der Waals surface area contributed by atoms with Crippen LogP contribution in [0.2, 0.25) is 0 Å². The van der Waals surface area contributed by atoms with Crippen molar-refractivity contribution in [2.75, 3.05) is 0 Å². The molecule has 1 N–H and O–H groups in total. The molecule has 0 atom stereocenters. The summed E-state index contributed by atoms with van der Waals surface area (Å²) in [6, 6.07) is 17.7. The third-order valence-corrected chi connectivity index (χ3v) is 7.61. The predicted molar refractivity (Wildman–Crippen MR) is 139 cm³/mol. The van der Waals surface area contributed by atoms with E-state index in [1.165, 1.54) is 57.6 Å². The Labute approximate surface area is 209 Å². The van der Waals surface area contributed by atoms with Crippen molar-refractivity contribution in [2.24, 2.45) is 0 Å². The van der Waals surface area contributed by atoms with E-state index in [1.54, 1.807) is 0 Å². The topological polar surface area (TPSA) is 85.2 Å². The van der Waals surface area contributed by atoms with Gasteiger partial charge in [-0.1, -0.05) is 42.5 Å². The first-order chi connectivity index (χ1) is 17.7. The first-order valence-electron chi connectivity index (χ1n) is 12.6. The standard InChI is InChI=1S/C29H27N7/c1-17-13-14-30-29-26(17)31-28(21-9-10-21)36(29)16-19-7-12-24-22(15-19)11-8-20-5-3-4-6-23(20)25(24)18(2)27-32-34-35-33-27/h3-7,12-15,21H,8-11,16H2,1-2H3,(H,32,33,34,35)/b25-18+. The van der Waals surface area contributed by atoms with Gasteiger partial charge >= 0.3 is 0 Å². The summed E-state index contributed by atoms with van der Waals surface area (Å²) in [4.78, 5) is 9.77. The van der Waals surface area contributed by atoms with Gasteiger partial charge in [0.1, 0.15) is 11.3 Å². The molecule has 36 heavy (non-hydrogen) atoms. The molecule has 0 amide bonds. The molecule has 0 unspecified atom stereocenters. The normalized spacial score (nSPS) is 16.5. The summed E-state index contributed by atoms with van der Waals surface area (Å²) < 4.78 is 2.34. The number of benzene rings is 2. The molecule has 2 aromatic carbocycles. The van der Waals surface area contributed by atoms with E-state index in [1.807, 2.05) is 6.20 Å². The summed E-state index contributed by atoms with van der Waals surface area (Å²) in [6.45, 7) is 5.01. The van der Waals surface area contributed by atoms with Crippen LogP contribution in [0.25, 0.3) is 22.3 Å². The van der Waals surface area contributed by atoms with Crippen LogP contribution in [-0.2, 0) is 19.4 Å². The number of aromatic nitrogens is 7. The maximum Gasteiger partial charge on any atom is 0.175 e. The van der Waals surface area contributed by atoms with Crippen LogP contribution in [0.3, 0.4) is 0 Å². The lowest BCUT2D eigenvalue weighted by Crippen LogP contribution is -2.06. The van der Waals surface area contributed by atoms with E-state index in [4.69, 9.17) is 9.97 Å². The Hall–Kier alpha value is -4.13. The number of hydrogen-bond acceptors (Lipinski definition) is 5. The molecular formula is C29H27N7. The minimum absolute atomic E-state index is 0.557. The first-order valence-corrected chi connectivity index (χ1v) is 12.6. The number of tetrazole rings is 1. The van der Waals surface area contributed by atoms with Crippen LogP contribution < -0.4 is 0 Å². The van der Waals surface area contributed by atoms with Crippen LogP contribution in [-0.4, -0.2) is 35.2 Å². The number of allylic oxidation sites excluding steroid dienone is 1. The van der Waals surface area contributed by atoms with Crippen molar-refractivity contribution in [1.29, 1.82) is 0 Å². The zero-order valence-corrected chi connectivity index (χ0v) is 20.5. The zero-order valence-electron chi connectivity index (χ0n) is 20.5. The van der Waals surface area contributed by atoms with E-state index in [0.717, 1.165) is 36.1 Å². The number of aromatic amines is 1. The minimum Gasteiger partial charge on any atom is -0.308 e. The third kappa shape index (κ3) is 3.46. The number of rotatable bonds is 4. The maximum atomic E-state index is 5.03. The zero-order chi connectivity index (χ0) is 24.2. The van der Waals surface area contributed by atoms with Gasteiger partial charge in [-0.2, -0.15) is 0 Å². The monoisotopic (exact) mass is 473 g/mol. The number of fused-ring (bicyclic) bond motifs is 3. The molecule has 0 saturated heterocycles. The number of hydrogen-bond donors (Lipinski definition) is 1. The van der Waals surface area contributed by atoms with Gasteiger partial charge in [-0.15, -0.1) is 5.10 Å². The van der Waals surface area contributed by atoms with Gasteiger partial charge in [0, 0.05) is 17.7 Å². The van der Waals surface area contributed by atoms with Gasteiger partial charge in [0.2, 0.25) is 0 Å². The molecule has 0 aliphatic heterocycles. The Morgan fingerprint density at radius 2 is 1.86 bits per heavy atom. The molecule has 1 fully saturated rings. The fraction of sp³-hybridized carbons (Fsp3) is 0.276. The summed E-state index contributed by atoms with van der Waals surface area (Å²) in [6.07, 6.45) is 6.33. The highest BCUT2D eigenvalue weighted by Crippen LogP contribution is 2.42. The Balaban J connectivity index is 1.35. The molecule has 2 aliphatic rings. The molecule has 7 nitrogen and oxygen atoms in total. The molecule has 0 spiro atoms. The average Bonchev–Trinajstić information content (AvgIpc) is 3.50. The van der Waals surface area contributed by atoms with Gasteiger partial charge in [-0.3, -0.25) is 0 Å². The van der Waals surface area contributed by atoms with Crippen molar-refractivity contribution in [2.45, 2.75) is 52.0 Å². The summed E-state index contributed by atoms with van der Waals surface area (Å²) in [5.74, 6) is 2.45. The van der Waals surface area contributed by atoms with E-state index in [-0.39, 0.29) is 0 Å². The van der Waals surface area contributed by atoms with Crippen molar-refractivity contribution >= 4 is 22.3 Å². The van der Waals surface area contributed by atoms with Crippen LogP contribution in [0.5, 0.6) is 0 Å². The lowest BCUT2D eigenvalue weighted by molar-refractivity contribution is 0.739. The number of nitrogens with one attached hydrogen (secondary N) is 1. The minimum atomic E-state index is 0.557. The van der Waals surface area contributed by atoms with E-state index in [2.05, 4.69) is 87.6 Å². The van der Waals surface area contributed by atoms with Crippen LogP contribution in [0.4, 0.5) is 0 Å². The van der Waals surface area contributed by atoms with Gasteiger partial charge < -0.3 is 4.57 Å². The molecule has 5 aromatic rings. The van der Waals surface area contributed by atoms with Gasteiger partial charge in [-0.05, 0) is 95.0 Å². The fourth-order valence-corrected chi connectivity index (χ4v) is 5.58. The molecule has 2 aliphatic carbocycles. The molecule has 7 rings (SSSR count). The Kier molecular flexibility index (Phi) is 4.84. The molecular weight excluding hydrogens is 446 g/mol.